The van der Waals surface area contributed by atoms with Crippen molar-refractivity contribution >= 4 is 5.91 Å². The largest absolute Gasteiger partial charge is 0.378 e. The molecule has 2 rings (SSSR count). The van der Waals surface area contributed by atoms with Crippen LogP contribution in [0.15, 0.2) is 0 Å². The molecule has 1 saturated carbocycles. The van der Waals surface area contributed by atoms with Crippen LogP contribution < -0.4 is 5.32 Å². The Bertz CT molecular complexity index is 354. The van der Waals surface area contributed by atoms with Gasteiger partial charge in [0.25, 0.3) is 0 Å². The molecular formula is C15H24N2O2. The van der Waals surface area contributed by atoms with Gasteiger partial charge in [-0.1, -0.05) is 32.1 Å². The zero-order valence-electron chi connectivity index (χ0n) is 11.8. The molecule has 1 heterocycles. The fourth-order valence-electron chi connectivity index (χ4n) is 3.11. The molecule has 4 nitrogen and oxygen atoms in total. The quantitative estimate of drug-likeness (QED) is 0.833. The second-order valence-corrected chi connectivity index (χ2v) is 6.03. The average Bonchev–Trinajstić information content (AvgIpc) is 2.80. The molecule has 0 radical (unpaired) electrons. The first-order valence-corrected chi connectivity index (χ1v) is 7.50. The van der Waals surface area contributed by atoms with E-state index in [9.17, 15) is 10.1 Å². The van der Waals surface area contributed by atoms with Crippen LogP contribution in [-0.2, 0) is 9.53 Å². The summed E-state index contributed by atoms with van der Waals surface area (Å²) in [5.41, 5.74) is -0.636. The van der Waals surface area contributed by atoms with Gasteiger partial charge in [-0.3, -0.25) is 4.79 Å². The van der Waals surface area contributed by atoms with Crippen LogP contribution >= 0.6 is 0 Å². The first-order chi connectivity index (χ1) is 9.15. The van der Waals surface area contributed by atoms with E-state index in [0.29, 0.717) is 6.61 Å². The number of hydrogen-bond acceptors (Lipinski definition) is 3. The Morgan fingerprint density at radius 3 is 2.42 bits per heavy atom. The molecule has 0 aromatic heterocycles. The zero-order chi connectivity index (χ0) is 13.7. The highest BCUT2D eigenvalue weighted by atomic mass is 16.5. The Balaban J connectivity index is 1.96. The number of nitrogens with one attached hydrogen (secondary N) is 1. The minimum Gasteiger partial charge on any atom is -0.378 e. The van der Waals surface area contributed by atoms with Crippen LogP contribution in [0.4, 0.5) is 0 Å². The normalized spacial score (nSPS) is 30.9. The molecule has 1 N–H and O–H groups in total. The van der Waals surface area contributed by atoms with Crippen molar-refractivity contribution in [2.75, 3.05) is 6.61 Å². The highest BCUT2D eigenvalue weighted by Crippen LogP contribution is 2.27. The van der Waals surface area contributed by atoms with Gasteiger partial charge in [-0.25, -0.2) is 0 Å². The number of carbonyl (C=O) groups is 1. The molecule has 106 valence electrons. The summed E-state index contributed by atoms with van der Waals surface area (Å²) in [6.45, 7) is 2.48. The standard InChI is InChI=1S/C15H24N2O2/c1-12-9-13(10-19-12)14(18)17-15(11-16)7-5-3-2-4-6-8-15/h12-13H,2-10H2,1H3,(H,17,18). The maximum Gasteiger partial charge on any atom is 0.226 e. The van der Waals surface area contributed by atoms with Gasteiger partial charge in [-0.15, -0.1) is 0 Å². The number of ether oxygens (including phenoxy) is 1. The highest BCUT2D eigenvalue weighted by molar-refractivity contribution is 5.80. The summed E-state index contributed by atoms with van der Waals surface area (Å²) in [6.07, 6.45) is 8.17. The van der Waals surface area contributed by atoms with Crippen molar-refractivity contribution in [2.45, 2.75) is 69.9 Å². The molecule has 1 aliphatic heterocycles. The molecule has 0 aromatic carbocycles. The van der Waals surface area contributed by atoms with Gasteiger partial charge in [0.1, 0.15) is 5.54 Å². The summed E-state index contributed by atoms with van der Waals surface area (Å²) < 4.78 is 5.44. The van der Waals surface area contributed by atoms with Gasteiger partial charge in [-0.2, -0.15) is 5.26 Å². The van der Waals surface area contributed by atoms with E-state index in [1.165, 1.54) is 19.3 Å². The topological polar surface area (TPSA) is 62.1 Å². The predicted octanol–water partition coefficient (Wildman–Crippen LogP) is 2.53. The van der Waals surface area contributed by atoms with Crippen LogP contribution in [0.3, 0.4) is 0 Å². The summed E-state index contributed by atoms with van der Waals surface area (Å²) in [6, 6.07) is 2.38. The molecule has 2 unspecified atom stereocenters. The summed E-state index contributed by atoms with van der Waals surface area (Å²) >= 11 is 0. The van der Waals surface area contributed by atoms with E-state index in [0.717, 1.165) is 32.1 Å². The van der Waals surface area contributed by atoms with Crippen molar-refractivity contribution < 1.29 is 9.53 Å². The molecule has 0 spiro atoms. The molecular weight excluding hydrogens is 240 g/mol. The van der Waals surface area contributed by atoms with Crippen molar-refractivity contribution in [3.63, 3.8) is 0 Å². The molecule has 0 aromatic rings. The summed E-state index contributed by atoms with van der Waals surface area (Å²) in [4.78, 5) is 12.3. The van der Waals surface area contributed by atoms with Crippen LogP contribution in [0.1, 0.15) is 58.3 Å². The Morgan fingerprint density at radius 1 is 1.26 bits per heavy atom. The van der Waals surface area contributed by atoms with E-state index in [1.54, 1.807) is 0 Å². The van der Waals surface area contributed by atoms with E-state index in [1.807, 2.05) is 6.92 Å². The zero-order valence-corrected chi connectivity index (χ0v) is 11.8. The van der Waals surface area contributed by atoms with Crippen molar-refractivity contribution in [1.82, 2.24) is 5.32 Å². The number of nitriles is 1. The Labute approximate surface area is 115 Å². The third-order valence-corrected chi connectivity index (χ3v) is 4.35. The smallest absolute Gasteiger partial charge is 0.226 e. The fourth-order valence-corrected chi connectivity index (χ4v) is 3.11. The molecule has 1 amide bonds. The molecule has 19 heavy (non-hydrogen) atoms. The second kappa shape index (κ2) is 6.38. The summed E-state index contributed by atoms with van der Waals surface area (Å²) in [7, 11) is 0. The molecule has 0 bridgehead atoms. The summed E-state index contributed by atoms with van der Waals surface area (Å²) in [5.74, 6) is -0.0721. The third kappa shape index (κ3) is 3.70. The number of nitrogens with zero attached hydrogens (tertiary/aromatic N) is 1. The van der Waals surface area contributed by atoms with Crippen molar-refractivity contribution in [3.8, 4) is 6.07 Å². The van der Waals surface area contributed by atoms with Gasteiger partial charge in [0.05, 0.1) is 24.7 Å². The van der Waals surface area contributed by atoms with E-state index in [-0.39, 0.29) is 17.9 Å². The van der Waals surface area contributed by atoms with E-state index in [2.05, 4.69) is 11.4 Å². The van der Waals surface area contributed by atoms with Crippen LogP contribution in [0.5, 0.6) is 0 Å². The van der Waals surface area contributed by atoms with E-state index in [4.69, 9.17) is 4.74 Å². The van der Waals surface area contributed by atoms with Gasteiger partial charge >= 0.3 is 0 Å². The highest BCUT2D eigenvalue weighted by Gasteiger charge is 2.36. The number of hydrogen-bond donors (Lipinski definition) is 1. The summed E-state index contributed by atoms with van der Waals surface area (Å²) in [5, 5.41) is 12.5. The van der Waals surface area contributed by atoms with Crippen LogP contribution in [0.25, 0.3) is 0 Å². The van der Waals surface area contributed by atoms with Crippen LogP contribution in [0.2, 0.25) is 0 Å². The Hall–Kier alpha value is -1.08. The first kappa shape index (κ1) is 14.3. The first-order valence-electron chi connectivity index (χ1n) is 7.50. The molecule has 2 fully saturated rings. The molecule has 1 saturated heterocycles. The van der Waals surface area contributed by atoms with Crippen molar-refractivity contribution in [3.05, 3.63) is 0 Å². The average molecular weight is 264 g/mol. The second-order valence-electron chi connectivity index (χ2n) is 6.03. The molecule has 2 aliphatic rings. The maximum absolute atomic E-state index is 12.3. The molecule has 4 heteroatoms. The lowest BCUT2D eigenvalue weighted by molar-refractivity contribution is -0.126. The monoisotopic (exact) mass is 264 g/mol. The lowest BCUT2D eigenvalue weighted by Crippen LogP contribution is -2.50. The maximum atomic E-state index is 12.3. The fraction of sp³-hybridized carbons (Fsp3) is 0.867. The number of carbonyl (C=O) groups excluding carboxylic acids is 1. The van der Waals surface area contributed by atoms with Gasteiger partial charge in [-0.05, 0) is 26.2 Å². The minimum atomic E-state index is -0.636. The molecule has 1 aliphatic carbocycles. The van der Waals surface area contributed by atoms with Crippen LogP contribution in [-0.4, -0.2) is 24.2 Å². The third-order valence-electron chi connectivity index (χ3n) is 4.35. The van der Waals surface area contributed by atoms with E-state index < -0.39 is 5.54 Å². The predicted molar refractivity (Wildman–Crippen MR) is 72.3 cm³/mol. The minimum absolute atomic E-state index is 0.00599. The number of rotatable bonds is 2. The Kier molecular flexibility index (Phi) is 4.81. The Morgan fingerprint density at radius 2 is 1.89 bits per heavy atom. The van der Waals surface area contributed by atoms with Crippen LogP contribution in [0, 0.1) is 17.2 Å². The van der Waals surface area contributed by atoms with Gasteiger partial charge in [0.15, 0.2) is 0 Å². The van der Waals surface area contributed by atoms with Crippen molar-refractivity contribution in [1.29, 1.82) is 5.26 Å². The van der Waals surface area contributed by atoms with Crippen molar-refractivity contribution in [2.24, 2.45) is 5.92 Å². The number of amides is 1. The lowest BCUT2D eigenvalue weighted by Gasteiger charge is -2.30. The lowest BCUT2D eigenvalue weighted by atomic mass is 9.84. The molecule has 2 atom stereocenters. The van der Waals surface area contributed by atoms with Gasteiger partial charge in [0.2, 0.25) is 5.91 Å². The van der Waals surface area contributed by atoms with Gasteiger partial charge < -0.3 is 10.1 Å². The van der Waals surface area contributed by atoms with E-state index >= 15 is 0 Å². The SMILES string of the molecule is CC1CC(C(=O)NC2(C#N)CCCCCCC2)CO1. The van der Waals surface area contributed by atoms with Gasteiger partial charge in [0, 0.05) is 0 Å².